The Morgan fingerprint density at radius 3 is 1.98 bits per heavy atom. The molecule has 5 rings (SSSR count). The topological polar surface area (TPSA) is 76.7 Å². The van der Waals surface area contributed by atoms with Gasteiger partial charge in [-0.05, 0) is 25.5 Å². The van der Waals surface area contributed by atoms with Crippen LogP contribution < -0.4 is 10.6 Å². The van der Waals surface area contributed by atoms with E-state index in [2.05, 4.69) is 40.8 Å². The van der Waals surface area contributed by atoms with Crippen LogP contribution in [0.4, 0.5) is 0 Å². The van der Waals surface area contributed by atoms with Crippen LogP contribution in [-0.4, -0.2) is 55.9 Å². The predicted molar refractivity (Wildman–Crippen MR) is 176 cm³/mol. The summed E-state index contributed by atoms with van der Waals surface area (Å²) in [5.41, 5.74) is 4.95. The van der Waals surface area contributed by atoms with Crippen LogP contribution in [0, 0.1) is 12.3 Å². The van der Waals surface area contributed by atoms with E-state index in [0.29, 0.717) is 32.0 Å². The van der Waals surface area contributed by atoms with Crippen LogP contribution in [0.15, 0.2) is 101 Å². The van der Waals surface area contributed by atoms with Crippen LogP contribution in [0.3, 0.4) is 0 Å². The summed E-state index contributed by atoms with van der Waals surface area (Å²) in [6, 6.07) is 25.9. The molecule has 2 N–H and O–H groups in total. The average molecular weight is 625 g/mol. The summed E-state index contributed by atoms with van der Waals surface area (Å²) in [7, 11) is 1.32. The first kappa shape index (κ1) is 32.1. The largest absolute Gasteiger partial charge is 0.466 e. The molecule has 232 valence electrons. The number of quaternary nitrogens is 1. The van der Waals surface area contributed by atoms with Gasteiger partial charge in [0.15, 0.2) is 0 Å². The summed E-state index contributed by atoms with van der Waals surface area (Å²) in [6.45, 7) is 8.57. The molecule has 7 nitrogen and oxygen atoms in total. The number of rotatable bonds is 8. The lowest BCUT2D eigenvalue weighted by Crippen LogP contribution is -2.65. The van der Waals surface area contributed by atoms with E-state index in [0.717, 1.165) is 37.3 Å². The normalized spacial score (nSPS) is 18.6. The van der Waals surface area contributed by atoms with Crippen LogP contribution in [-0.2, 0) is 19.1 Å². The molecule has 2 heterocycles. The number of benzene rings is 3. The smallest absolute Gasteiger partial charge is 0.341 e. The van der Waals surface area contributed by atoms with E-state index in [1.807, 2.05) is 43.3 Å². The zero-order valence-electron chi connectivity index (χ0n) is 26.1. The fourth-order valence-corrected chi connectivity index (χ4v) is 7.15. The number of hydrogen-bond donors (Lipinski definition) is 2. The van der Waals surface area contributed by atoms with E-state index in [1.165, 1.54) is 7.11 Å². The minimum Gasteiger partial charge on any atom is -0.466 e. The lowest BCUT2D eigenvalue weighted by atomic mass is 9.78. The average Bonchev–Trinajstić information content (AvgIpc) is 3.05. The number of terminal acetylenes is 1. The number of esters is 2. The van der Waals surface area contributed by atoms with Gasteiger partial charge in [0.25, 0.3) is 0 Å². The molecule has 0 saturated carbocycles. The Labute approximate surface area is 270 Å². The number of ether oxygens (including phenoxy) is 2. The van der Waals surface area contributed by atoms with Gasteiger partial charge >= 0.3 is 11.9 Å². The number of carbonyl (C=O) groups excluding carboxylic acids is 2. The number of halogens is 1. The third-order valence-corrected chi connectivity index (χ3v) is 9.36. The maximum atomic E-state index is 14.5. The minimum atomic E-state index is -0.848. The third kappa shape index (κ3) is 6.14. The maximum Gasteiger partial charge on any atom is 0.341 e. The first-order valence-electron chi connectivity index (χ1n) is 15.1. The molecule has 0 amide bonds. The van der Waals surface area contributed by atoms with Crippen molar-refractivity contribution in [3.8, 4) is 12.3 Å². The van der Waals surface area contributed by atoms with Gasteiger partial charge in [-0.15, -0.1) is 6.42 Å². The Hall–Kier alpha value is -4.35. The first-order valence-corrected chi connectivity index (χ1v) is 15.5. The molecule has 2 atom stereocenters. The second-order valence-corrected chi connectivity index (χ2v) is 11.9. The Balaban J connectivity index is 1.61. The summed E-state index contributed by atoms with van der Waals surface area (Å²) < 4.78 is 12.2. The molecule has 0 aromatic heterocycles. The van der Waals surface area contributed by atoms with Crippen LogP contribution in [0.5, 0.6) is 0 Å². The number of nitrogens with one attached hydrogen (secondary N) is 2. The molecule has 1 saturated heterocycles. The molecule has 0 radical (unpaired) electrons. The van der Waals surface area contributed by atoms with E-state index in [9.17, 15) is 9.59 Å². The van der Waals surface area contributed by atoms with Crippen molar-refractivity contribution in [2.45, 2.75) is 39.0 Å². The number of allylic oxidation sites excluding steroid dienone is 2. The molecule has 3 aromatic carbocycles. The number of carbonyl (C=O) groups is 2. The van der Waals surface area contributed by atoms with Gasteiger partial charge in [0.1, 0.15) is 6.04 Å². The van der Waals surface area contributed by atoms with Crippen molar-refractivity contribution < 1.29 is 23.5 Å². The number of piperazine rings is 1. The zero-order valence-corrected chi connectivity index (χ0v) is 26.9. The molecule has 1 fully saturated rings. The van der Waals surface area contributed by atoms with E-state index in [-0.39, 0.29) is 17.2 Å². The van der Waals surface area contributed by atoms with Crippen LogP contribution in [0.25, 0.3) is 0 Å². The molecule has 45 heavy (non-hydrogen) atoms. The van der Waals surface area contributed by atoms with Crippen molar-refractivity contribution in [1.82, 2.24) is 10.6 Å². The number of hydrogen-bond acceptors (Lipinski definition) is 6. The molecular weight excluding hydrogens is 586 g/mol. The molecular formula is C37H39ClN3O4+. The Morgan fingerprint density at radius 2 is 1.44 bits per heavy atom. The monoisotopic (exact) mass is 624 g/mol. The summed E-state index contributed by atoms with van der Waals surface area (Å²) in [6.07, 6.45) is 5.37. The summed E-state index contributed by atoms with van der Waals surface area (Å²) in [5, 5.41) is 7.06. The van der Waals surface area contributed by atoms with Crippen molar-refractivity contribution in [3.05, 3.63) is 129 Å². The molecule has 0 bridgehead atoms. The highest BCUT2D eigenvalue weighted by molar-refractivity contribution is 6.31. The van der Waals surface area contributed by atoms with Crippen LogP contribution in [0.1, 0.15) is 55.0 Å². The highest BCUT2D eigenvalue weighted by atomic mass is 35.5. The van der Waals surface area contributed by atoms with Crippen molar-refractivity contribution in [2.24, 2.45) is 0 Å². The van der Waals surface area contributed by atoms with Gasteiger partial charge in [0.2, 0.25) is 6.23 Å². The lowest BCUT2D eigenvalue weighted by Gasteiger charge is -2.50. The molecule has 2 aliphatic heterocycles. The van der Waals surface area contributed by atoms with Gasteiger partial charge in [-0.3, -0.25) is 4.48 Å². The fourth-order valence-electron chi connectivity index (χ4n) is 6.91. The standard InChI is InChI=1S/C37H38ClN3O4/c1-6-29-30(18-13-19-31(29)38)34-32(36(42)44-5)24(2)40-25(3)33(34)37(43)45-26(4)41(22-20-39-21-23-41)35(27-14-9-7-10-15-27)28-16-11-8-12-17-28/h1,7-19,26,34-35,39H,20-23H2,2-5H3/p+1. The minimum absolute atomic E-state index is 0.0820. The highest BCUT2D eigenvalue weighted by Gasteiger charge is 2.48. The van der Waals surface area contributed by atoms with Gasteiger partial charge < -0.3 is 20.1 Å². The molecule has 0 aliphatic carbocycles. The number of nitrogens with zero attached hydrogens (tertiary/aromatic N) is 1. The SMILES string of the molecule is C#Cc1c(Cl)cccc1C1C(C(=O)OC)=C(C)NC(C)=C1C(=O)OC(C)[N+]1(C(c2ccccc2)c2ccccc2)CCNCC1. The Morgan fingerprint density at radius 1 is 0.889 bits per heavy atom. The van der Waals surface area contributed by atoms with Crippen LogP contribution in [0.2, 0.25) is 5.02 Å². The maximum absolute atomic E-state index is 14.5. The van der Waals surface area contributed by atoms with Gasteiger partial charge in [-0.25, -0.2) is 9.59 Å². The summed E-state index contributed by atoms with van der Waals surface area (Å²) in [5.74, 6) is 0.709. The van der Waals surface area contributed by atoms with Crippen LogP contribution >= 0.6 is 11.6 Å². The van der Waals surface area contributed by atoms with E-state index in [4.69, 9.17) is 27.5 Å². The molecule has 2 unspecified atom stereocenters. The van der Waals surface area contributed by atoms with Gasteiger partial charge in [-0.2, -0.15) is 0 Å². The summed E-state index contributed by atoms with van der Waals surface area (Å²) in [4.78, 5) is 27.8. The zero-order chi connectivity index (χ0) is 32.1. The van der Waals surface area contributed by atoms with Crippen molar-refractivity contribution in [3.63, 3.8) is 0 Å². The first-order chi connectivity index (χ1) is 21.7. The summed E-state index contributed by atoms with van der Waals surface area (Å²) >= 11 is 6.53. The van der Waals surface area contributed by atoms with Gasteiger partial charge in [-0.1, -0.05) is 90.3 Å². The predicted octanol–water partition coefficient (Wildman–Crippen LogP) is 5.83. The fraction of sp³-hybridized carbons (Fsp3) is 0.297. The third-order valence-electron chi connectivity index (χ3n) is 9.04. The highest BCUT2D eigenvalue weighted by Crippen LogP contribution is 2.43. The van der Waals surface area contributed by atoms with Crippen molar-refractivity contribution in [2.75, 3.05) is 33.3 Å². The Kier molecular flexibility index (Phi) is 9.79. The second-order valence-electron chi connectivity index (χ2n) is 11.5. The Bertz CT molecular complexity index is 1630. The van der Waals surface area contributed by atoms with E-state index in [1.54, 1.807) is 32.0 Å². The van der Waals surface area contributed by atoms with Gasteiger partial charge in [0.05, 0.1) is 42.3 Å². The number of dihydropyridines is 1. The van der Waals surface area contributed by atoms with Gasteiger partial charge in [0, 0.05) is 48.1 Å². The molecule has 0 spiro atoms. The lowest BCUT2D eigenvalue weighted by molar-refractivity contribution is -0.990. The quantitative estimate of drug-likeness (QED) is 0.187. The molecule has 3 aromatic rings. The van der Waals surface area contributed by atoms with E-state index >= 15 is 0 Å². The molecule has 2 aliphatic rings. The molecule has 8 heteroatoms. The second kappa shape index (κ2) is 13.7. The van der Waals surface area contributed by atoms with E-state index < -0.39 is 24.1 Å². The number of methoxy groups -OCH3 is 1. The van der Waals surface area contributed by atoms with Crippen molar-refractivity contribution >= 4 is 23.5 Å². The van der Waals surface area contributed by atoms with Crippen molar-refractivity contribution in [1.29, 1.82) is 0 Å².